The summed E-state index contributed by atoms with van der Waals surface area (Å²) < 4.78 is 5.66. The lowest BCUT2D eigenvalue weighted by molar-refractivity contribution is 0.318. The quantitative estimate of drug-likeness (QED) is 0.772. The van der Waals surface area contributed by atoms with Gasteiger partial charge < -0.3 is 4.74 Å². The minimum Gasteiger partial charge on any atom is -0.494 e. The van der Waals surface area contributed by atoms with E-state index in [1.54, 1.807) is 0 Å². The molecule has 1 aromatic carbocycles. The average Bonchev–Trinajstić information content (AvgIpc) is 2.41. The van der Waals surface area contributed by atoms with E-state index < -0.39 is 0 Å². The monoisotopic (exact) mass is 277 g/mol. The zero-order valence-corrected chi connectivity index (χ0v) is 12.5. The van der Waals surface area contributed by atoms with Crippen molar-refractivity contribution in [1.82, 2.24) is 4.98 Å². The molecular formula is C16H20ClNO. The zero-order valence-electron chi connectivity index (χ0n) is 11.8. The fourth-order valence-corrected chi connectivity index (χ4v) is 2.59. The van der Waals surface area contributed by atoms with Crippen molar-refractivity contribution < 1.29 is 4.74 Å². The SMILES string of the molecule is CCCOc1ccc2nc(C)c(CCC)c(Cl)c2c1. The highest BCUT2D eigenvalue weighted by molar-refractivity contribution is 6.36. The maximum atomic E-state index is 6.54. The number of aromatic nitrogens is 1. The normalized spacial score (nSPS) is 10.9. The number of pyridine rings is 1. The van der Waals surface area contributed by atoms with Gasteiger partial charge >= 0.3 is 0 Å². The van der Waals surface area contributed by atoms with Crippen LogP contribution >= 0.6 is 11.6 Å². The molecule has 0 atom stereocenters. The minimum atomic E-state index is 0.726. The molecular weight excluding hydrogens is 258 g/mol. The topological polar surface area (TPSA) is 22.1 Å². The van der Waals surface area contributed by atoms with Crippen molar-refractivity contribution in [2.75, 3.05) is 6.61 Å². The first-order valence-corrected chi connectivity index (χ1v) is 7.26. The maximum absolute atomic E-state index is 6.54. The lowest BCUT2D eigenvalue weighted by atomic mass is 10.1. The Morgan fingerprint density at radius 2 is 2.00 bits per heavy atom. The van der Waals surface area contributed by atoms with Gasteiger partial charge in [0.15, 0.2) is 0 Å². The van der Waals surface area contributed by atoms with E-state index in [1.807, 2.05) is 25.1 Å². The molecule has 0 saturated heterocycles. The van der Waals surface area contributed by atoms with E-state index in [0.717, 1.165) is 58.8 Å². The largest absolute Gasteiger partial charge is 0.494 e. The molecule has 102 valence electrons. The molecule has 2 aromatic rings. The van der Waals surface area contributed by atoms with Crippen LogP contribution in [0.3, 0.4) is 0 Å². The summed E-state index contributed by atoms with van der Waals surface area (Å²) in [7, 11) is 0. The highest BCUT2D eigenvalue weighted by atomic mass is 35.5. The second-order valence-electron chi connectivity index (χ2n) is 4.77. The van der Waals surface area contributed by atoms with Gasteiger partial charge in [0.25, 0.3) is 0 Å². The van der Waals surface area contributed by atoms with Gasteiger partial charge in [-0.25, -0.2) is 0 Å². The third-order valence-electron chi connectivity index (χ3n) is 3.17. The van der Waals surface area contributed by atoms with Gasteiger partial charge in [0.05, 0.1) is 17.1 Å². The molecule has 0 amide bonds. The number of aryl methyl sites for hydroxylation is 1. The number of benzene rings is 1. The van der Waals surface area contributed by atoms with Gasteiger partial charge in [0.1, 0.15) is 5.75 Å². The van der Waals surface area contributed by atoms with E-state index in [4.69, 9.17) is 16.3 Å². The summed E-state index contributed by atoms with van der Waals surface area (Å²) in [5.41, 5.74) is 3.12. The van der Waals surface area contributed by atoms with E-state index in [9.17, 15) is 0 Å². The summed E-state index contributed by atoms with van der Waals surface area (Å²) in [5, 5.41) is 1.82. The predicted octanol–water partition coefficient (Wildman–Crippen LogP) is 4.94. The third kappa shape index (κ3) is 3.01. The van der Waals surface area contributed by atoms with Crippen LogP contribution in [0.15, 0.2) is 18.2 Å². The Hall–Kier alpha value is -1.28. The molecule has 0 spiro atoms. The average molecular weight is 278 g/mol. The van der Waals surface area contributed by atoms with Crippen LogP contribution in [0, 0.1) is 6.92 Å². The number of fused-ring (bicyclic) bond motifs is 1. The summed E-state index contributed by atoms with van der Waals surface area (Å²) >= 11 is 6.54. The van der Waals surface area contributed by atoms with Crippen molar-refractivity contribution in [1.29, 1.82) is 0 Å². The second kappa shape index (κ2) is 6.25. The standard InChI is InChI=1S/C16H20ClNO/c1-4-6-13-11(3)18-15-8-7-12(19-9-5-2)10-14(15)16(13)17/h7-8,10H,4-6,9H2,1-3H3. The highest BCUT2D eigenvalue weighted by Gasteiger charge is 2.11. The van der Waals surface area contributed by atoms with Crippen LogP contribution in [0.25, 0.3) is 10.9 Å². The van der Waals surface area contributed by atoms with Crippen molar-refractivity contribution >= 4 is 22.5 Å². The van der Waals surface area contributed by atoms with Gasteiger partial charge in [-0.2, -0.15) is 0 Å². The molecule has 2 rings (SSSR count). The van der Waals surface area contributed by atoms with Crippen LogP contribution in [-0.4, -0.2) is 11.6 Å². The molecule has 0 fully saturated rings. The van der Waals surface area contributed by atoms with Gasteiger partial charge in [-0.1, -0.05) is 31.9 Å². The van der Waals surface area contributed by atoms with Gasteiger partial charge in [0, 0.05) is 11.1 Å². The molecule has 0 bridgehead atoms. The van der Waals surface area contributed by atoms with Gasteiger partial charge in [0.2, 0.25) is 0 Å². The smallest absolute Gasteiger partial charge is 0.120 e. The van der Waals surface area contributed by atoms with Crippen molar-refractivity contribution in [3.8, 4) is 5.75 Å². The van der Waals surface area contributed by atoms with Gasteiger partial charge in [-0.05, 0) is 43.5 Å². The third-order valence-corrected chi connectivity index (χ3v) is 3.60. The van der Waals surface area contributed by atoms with Crippen LogP contribution < -0.4 is 4.74 Å². The second-order valence-corrected chi connectivity index (χ2v) is 5.15. The van der Waals surface area contributed by atoms with Crippen molar-refractivity contribution in [3.05, 3.63) is 34.5 Å². The minimum absolute atomic E-state index is 0.726. The Morgan fingerprint density at radius 3 is 2.68 bits per heavy atom. The molecule has 1 aromatic heterocycles. The van der Waals surface area contributed by atoms with E-state index in [1.165, 1.54) is 0 Å². The summed E-state index contributed by atoms with van der Waals surface area (Å²) in [4.78, 5) is 4.64. The Bertz CT molecular complexity index is 580. The first-order chi connectivity index (χ1) is 9.17. The molecule has 0 unspecified atom stereocenters. The Labute approximate surface area is 119 Å². The molecule has 0 aliphatic carbocycles. The number of hydrogen-bond donors (Lipinski definition) is 0. The van der Waals surface area contributed by atoms with Crippen molar-refractivity contribution in [2.24, 2.45) is 0 Å². The summed E-state index contributed by atoms with van der Waals surface area (Å²) in [6.45, 7) is 7.00. The summed E-state index contributed by atoms with van der Waals surface area (Å²) in [6, 6.07) is 5.94. The molecule has 2 nitrogen and oxygen atoms in total. The van der Waals surface area contributed by atoms with Crippen LogP contribution in [0.5, 0.6) is 5.75 Å². The number of hydrogen-bond acceptors (Lipinski definition) is 2. The van der Waals surface area contributed by atoms with Crippen LogP contribution in [0.2, 0.25) is 5.02 Å². The summed E-state index contributed by atoms with van der Waals surface area (Å²) in [6.07, 6.45) is 3.03. The molecule has 0 saturated carbocycles. The molecule has 0 N–H and O–H groups in total. The summed E-state index contributed by atoms with van der Waals surface area (Å²) in [5.74, 6) is 0.865. The van der Waals surface area contributed by atoms with E-state index >= 15 is 0 Å². The maximum Gasteiger partial charge on any atom is 0.120 e. The molecule has 3 heteroatoms. The number of rotatable bonds is 5. The van der Waals surface area contributed by atoms with Gasteiger partial charge in [-0.15, -0.1) is 0 Å². The van der Waals surface area contributed by atoms with Crippen LogP contribution in [-0.2, 0) is 6.42 Å². The number of halogens is 1. The molecule has 0 aliphatic rings. The van der Waals surface area contributed by atoms with Gasteiger partial charge in [-0.3, -0.25) is 4.98 Å². The Kier molecular flexibility index (Phi) is 4.65. The highest BCUT2D eigenvalue weighted by Crippen LogP contribution is 2.31. The van der Waals surface area contributed by atoms with E-state index in [-0.39, 0.29) is 0 Å². The molecule has 1 heterocycles. The predicted molar refractivity (Wildman–Crippen MR) is 81.3 cm³/mol. The van der Waals surface area contributed by atoms with E-state index in [0.29, 0.717) is 0 Å². The number of nitrogens with zero attached hydrogens (tertiary/aromatic N) is 1. The molecule has 19 heavy (non-hydrogen) atoms. The lowest BCUT2D eigenvalue weighted by Crippen LogP contribution is -1.98. The van der Waals surface area contributed by atoms with Crippen molar-refractivity contribution in [3.63, 3.8) is 0 Å². The van der Waals surface area contributed by atoms with E-state index in [2.05, 4.69) is 18.8 Å². The first-order valence-electron chi connectivity index (χ1n) is 6.88. The molecule has 0 radical (unpaired) electrons. The fraction of sp³-hybridized carbons (Fsp3) is 0.438. The Balaban J connectivity index is 2.50. The molecule has 0 aliphatic heterocycles. The number of ether oxygens (including phenoxy) is 1. The first kappa shape index (κ1) is 14.1. The van der Waals surface area contributed by atoms with Crippen LogP contribution in [0.4, 0.5) is 0 Å². The Morgan fingerprint density at radius 1 is 1.21 bits per heavy atom. The lowest BCUT2D eigenvalue weighted by Gasteiger charge is -2.11. The fourth-order valence-electron chi connectivity index (χ4n) is 2.21. The van der Waals surface area contributed by atoms with Crippen LogP contribution in [0.1, 0.15) is 37.9 Å². The zero-order chi connectivity index (χ0) is 13.8. The van der Waals surface area contributed by atoms with Crippen molar-refractivity contribution in [2.45, 2.75) is 40.0 Å².